The van der Waals surface area contributed by atoms with Gasteiger partial charge in [0.1, 0.15) is 0 Å². The van der Waals surface area contributed by atoms with E-state index in [-0.39, 0.29) is 24.3 Å². The van der Waals surface area contributed by atoms with Crippen LogP contribution in [0.1, 0.15) is 59.3 Å². The molecule has 0 bridgehead atoms. The minimum absolute atomic E-state index is 0.118. The fourth-order valence-electron chi connectivity index (χ4n) is 4.56. The van der Waals surface area contributed by atoms with E-state index in [0.29, 0.717) is 17.2 Å². The highest BCUT2D eigenvalue weighted by Gasteiger charge is 2.25. The molecule has 1 atom stereocenters. The average molecular weight is 491 g/mol. The van der Waals surface area contributed by atoms with E-state index in [0.717, 1.165) is 48.3 Å². The van der Waals surface area contributed by atoms with Crippen molar-refractivity contribution in [3.63, 3.8) is 0 Å². The molecule has 1 saturated heterocycles. The van der Waals surface area contributed by atoms with Crippen molar-refractivity contribution in [1.29, 1.82) is 0 Å². The Hall–Kier alpha value is -3.31. The summed E-state index contributed by atoms with van der Waals surface area (Å²) < 4.78 is 5.04. The summed E-state index contributed by atoms with van der Waals surface area (Å²) >= 11 is 6.79. The molecule has 0 aliphatic carbocycles. The third kappa shape index (κ3) is 6.23. The van der Waals surface area contributed by atoms with Crippen molar-refractivity contribution in [2.75, 3.05) is 24.6 Å². The maximum Gasteiger partial charge on any atom is 0.338 e. The Balaban J connectivity index is 1.59. The summed E-state index contributed by atoms with van der Waals surface area (Å²) in [6.07, 6.45) is 3.72. The second-order valence-electron chi connectivity index (χ2n) is 8.73. The normalized spacial score (nSPS) is 14.3. The van der Waals surface area contributed by atoms with Crippen molar-refractivity contribution in [3.05, 3.63) is 100 Å². The molecule has 3 aromatic rings. The summed E-state index contributed by atoms with van der Waals surface area (Å²) in [6, 6.07) is 22.5. The van der Waals surface area contributed by atoms with Gasteiger partial charge in [0.05, 0.1) is 24.6 Å². The van der Waals surface area contributed by atoms with Gasteiger partial charge in [0.25, 0.3) is 0 Å². The number of ether oxygens (including phenoxy) is 1. The number of piperidine rings is 1. The summed E-state index contributed by atoms with van der Waals surface area (Å²) in [7, 11) is 0. The molecular weight excluding hydrogens is 460 g/mol. The van der Waals surface area contributed by atoms with Crippen LogP contribution in [-0.4, -0.2) is 31.6 Å². The SMILES string of the molecule is CCOC(=O)c1ccc(CC(=O)NC(c2ccccc2)c2c(Cl)cccc2N2CCCCC2)cc1. The molecule has 35 heavy (non-hydrogen) atoms. The summed E-state index contributed by atoms with van der Waals surface area (Å²) in [5.74, 6) is -0.483. The van der Waals surface area contributed by atoms with E-state index in [2.05, 4.69) is 16.3 Å². The molecule has 1 aliphatic rings. The first-order chi connectivity index (χ1) is 17.1. The van der Waals surface area contributed by atoms with Gasteiger partial charge in [-0.25, -0.2) is 4.79 Å². The van der Waals surface area contributed by atoms with Gasteiger partial charge >= 0.3 is 5.97 Å². The number of hydrogen-bond acceptors (Lipinski definition) is 4. The quantitative estimate of drug-likeness (QED) is 0.396. The van der Waals surface area contributed by atoms with Gasteiger partial charge in [-0.15, -0.1) is 0 Å². The lowest BCUT2D eigenvalue weighted by Crippen LogP contribution is -2.34. The smallest absolute Gasteiger partial charge is 0.338 e. The summed E-state index contributed by atoms with van der Waals surface area (Å²) in [4.78, 5) is 27.5. The molecule has 0 spiro atoms. The monoisotopic (exact) mass is 490 g/mol. The Bertz CT molecular complexity index is 1140. The number of nitrogens with one attached hydrogen (secondary N) is 1. The fraction of sp³-hybridized carbons (Fsp3) is 0.310. The van der Waals surface area contributed by atoms with E-state index in [1.54, 1.807) is 31.2 Å². The van der Waals surface area contributed by atoms with Gasteiger partial charge in [0.2, 0.25) is 5.91 Å². The molecule has 1 amide bonds. The molecule has 1 unspecified atom stereocenters. The van der Waals surface area contributed by atoms with E-state index >= 15 is 0 Å². The zero-order valence-corrected chi connectivity index (χ0v) is 20.8. The lowest BCUT2D eigenvalue weighted by atomic mass is 9.95. The van der Waals surface area contributed by atoms with Crippen molar-refractivity contribution >= 4 is 29.2 Å². The van der Waals surface area contributed by atoms with Crippen LogP contribution in [0.2, 0.25) is 5.02 Å². The predicted molar refractivity (Wildman–Crippen MR) is 140 cm³/mol. The van der Waals surface area contributed by atoms with Crippen LogP contribution in [0.25, 0.3) is 0 Å². The van der Waals surface area contributed by atoms with Gasteiger partial charge in [-0.3, -0.25) is 4.79 Å². The molecule has 1 fully saturated rings. The zero-order chi connectivity index (χ0) is 24.6. The van der Waals surface area contributed by atoms with Crippen LogP contribution in [0.5, 0.6) is 0 Å². The third-order valence-corrected chi connectivity index (χ3v) is 6.61. The Morgan fingerprint density at radius 2 is 1.66 bits per heavy atom. The molecule has 1 aliphatic heterocycles. The van der Waals surface area contributed by atoms with E-state index in [1.807, 2.05) is 42.5 Å². The highest BCUT2D eigenvalue weighted by atomic mass is 35.5. The fourth-order valence-corrected chi connectivity index (χ4v) is 4.84. The molecule has 0 aromatic heterocycles. The zero-order valence-electron chi connectivity index (χ0n) is 20.0. The molecule has 4 rings (SSSR count). The van der Waals surface area contributed by atoms with Crippen LogP contribution in [-0.2, 0) is 16.0 Å². The topological polar surface area (TPSA) is 58.6 Å². The number of carbonyl (C=O) groups excluding carboxylic acids is 2. The predicted octanol–water partition coefficient (Wildman–Crippen LogP) is 5.96. The molecular formula is C29H31ClN2O3. The summed E-state index contributed by atoms with van der Waals surface area (Å²) in [5, 5.41) is 3.87. The maximum atomic E-state index is 13.2. The Labute approximate surface area is 212 Å². The van der Waals surface area contributed by atoms with Gasteiger partial charge in [-0.2, -0.15) is 0 Å². The molecule has 3 aromatic carbocycles. The molecule has 0 radical (unpaired) electrons. The number of amides is 1. The van der Waals surface area contributed by atoms with Crippen LogP contribution < -0.4 is 10.2 Å². The Morgan fingerprint density at radius 3 is 2.34 bits per heavy atom. The first kappa shape index (κ1) is 24.8. The van der Waals surface area contributed by atoms with Crippen molar-refractivity contribution in [3.8, 4) is 0 Å². The van der Waals surface area contributed by atoms with Crippen molar-refractivity contribution in [2.45, 2.75) is 38.6 Å². The number of halogens is 1. The van der Waals surface area contributed by atoms with Crippen LogP contribution in [0.3, 0.4) is 0 Å². The molecule has 6 heteroatoms. The molecule has 1 heterocycles. The van der Waals surface area contributed by atoms with Crippen LogP contribution in [0.15, 0.2) is 72.8 Å². The van der Waals surface area contributed by atoms with Crippen molar-refractivity contribution in [1.82, 2.24) is 5.32 Å². The van der Waals surface area contributed by atoms with E-state index in [1.165, 1.54) is 6.42 Å². The standard InChI is InChI=1S/C29H31ClN2O3/c1-2-35-29(34)23-16-14-21(15-17-23)20-26(33)31-28(22-10-5-3-6-11-22)27-24(30)12-9-13-25(27)32-18-7-4-8-19-32/h3,5-6,9-17,28H,2,4,7-8,18-20H2,1H3,(H,31,33). The number of esters is 1. The number of benzene rings is 3. The van der Waals surface area contributed by atoms with Gasteiger partial charge in [0.15, 0.2) is 0 Å². The number of hydrogen-bond donors (Lipinski definition) is 1. The second-order valence-corrected chi connectivity index (χ2v) is 9.13. The largest absolute Gasteiger partial charge is 0.462 e. The first-order valence-corrected chi connectivity index (χ1v) is 12.6. The van der Waals surface area contributed by atoms with Gasteiger partial charge in [-0.1, -0.05) is 60.1 Å². The van der Waals surface area contributed by atoms with Crippen molar-refractivity contribution in [2.24, 2.45) is 0 Å². The number of nitrogens with zero attached hydrogens (tertiary/aromatic N) is 1. The maximum absolute atomic E-state index is 13.2. The highest BCUT2D eigenvalue weighted by Crippen LogP contribution is 2.37. The number of carbonyl (C=O) groups is 2. The molecule has 1 N–H and O–H groups in total. The highest BCUT2D eigenvalue weighted by molar-refractivity contribution is 6.32. The molecule has 182 valence electrons. The van der Waals surface area contributed by atoms with Crippen LogP contribution in [0, 0.1) is 0 Å². The van der Waals surface area contributed by atoms with Crippen LogP contribution >= 0.6 is 11.6 Å². The van der Waals surface area contributed by atoms with Crippen molar-refractivity contribution < 1.29 is 14.3 Å². The van der Waals surface area contributed by atoms with Crippen LogP contribution in [0.4, 0.5) is 5.69 Å². The second kappa shape index (κ2) is 11.9. The lowest BCUT2D eigenvalue weighted by molar-refractivity contribution is -0.120. The minimum Gasteiger partial charge on any atom is -0.462 e. The Morgan fingerprint density at radius 1 is 0.943 bits per heavy atom. The number of rotatable bonds is 8. The van der Waals surface area contributed by atoms with Gasteiger partial charge < -0.3 is 15.0 Å². The summed E-state index contributed by atoms with van der Waals surface area (Å²) in [5.41, 5.74) is 4.27. The van der Waals surface area contributed by atoms with Gasteiger partial charge in [-0.05, 0) is 61.6 Å². The number of anilines is 1. The lowest BCUT2D eigenvalue weighted by Gasteiger charge is -2.33. The van der Waals surface area contributed by atoms with E-state index in [9.17, 15) is 9.59 Å². The minimum atomic E-state index is -0.381. The Kier molecular flexibility index (Phi) is 8.43. The van der Waals surface area contributed by atoms with E-state index in [4.69, 9.17) is 16.3 Å². The molecule has 5 nitrogen and oxygen atoms in total. The molecule has 0 saturated carbocycles. The first-order valence-electron chi connectivity index (χ1n) is 12.2. The average Bonchev–Trinajstić information content (AvgIpc) is 2.89. The summed E-state index contributed by atoms with van der Waals surface area (Å²) in [6.45, 7) is 4.06. The third-order valence-electron chi connectivity index (χ3n) is 6.28. The van der Waals surface area contributed by atoms with Gasteiger partial charge in [0, 0.05) is 29.4 Å². The van der Waals surface area contributed by atoms with E-state index < -0.39 is 0 Å².